The molecule has 15 nitrogen and oxygen atoms in total. The molecule has 1 aliphatic heterocycles. The fraction of sp³-hybridized carbons (Fsp3) is 0.407. The molecule has 3 N–H and O–H groups in total. The van der Waals surface area contributed by atoms with Gasteiger partial charge in [0.1, 0.15) is 6.42 Å². The van der Waals surface area contributed by atoms with Crippen LogP contribution in [0, 0.1) is 17.2 Å². The smallest absolute Gasteiger partial charge is 0.272 e. The predicted octanol–water partition coefficient (Wildman–Crippen LogP) is 0.0318. The zero-order valence-electron chi connectivity index (χ0n) is 24.4. The molecule has 0 bridgehead atoms. The molecule has 1 saturated carbocycles. The summed E-state index contributed by atoms with van der Waals surface area (Å²) in [6, 6.07) is 8.47. The van der Waals surface area contributed by atoms with Crippen LogP contribution in [-0.4, -0.2) is 110 Å². The molecule has 2 aromatic heterocycles. The topological polar surface area (TPSA) is 191 Å². The van der Waals surface area contributed by atoms with Crippen LogP contribution in [-0.2, 0) is 16.1 Å². The first-order valence-corrected chi connectivity index (χ1v) is 14.1. The van der Waals surface area contributed by atoms with Crippen molar-refractivity contribution in [3.05, 3.63) is 35.8 Å². The molecular formula is C27H27B3N10O5. The molecular weight excluding hydrogens is 577 g/mol. The number of carbonyl (C=O) groups excluding carboxylic acids is 3. The molecule has 1 aromatic carbocycles. The Morgan fingerprint density at radius 2 is 1.89 bits per heavy atom. The maximum absolute atomic E-state index is 12.9. The Hall–Kier alpha value is -4.91. The fourth-order valence-corrected chi connectivity index (χ4v) is 4.68. The van der Waals surface area contributed by atoms with Gasteiger partial charge in [0.25, 0.3) is 11.8 Å². The van der Waals surface area contributed by atoms with E-state index >= 15 is 0 Å². The number of para-hydroxylation sites is 1. The van der Waals surface area contributed by atoms with Gasteiger partial charge in [0.15, 0.2) is 23.1 Å². The average Bonchev–Trinajstić information content (AvgIpc) is 3.75. The minimum atomic E-state index is -2.02. The zero-order chi connectivity index (χ0) is 32.1. The summed E-state index contributed by atoms with van der Waals surface area (Å²) in [7, 11) is 18.1. The Morgan fingerprint density at radius 3 is 2.56 bits per heavy atom. The molecule has 224 valence electrons. The minimum absolute atomic E-state index is 0.0853. The Labute approximate surface area is 262 Å². The number of nitriles is 1. The highest BCUT2D eigenvalue weighted by atomic mass is 16.5. The van der Waals surface area contributed by atoms with Crippen molar-refractivity contribution in [2.45, 2.75) is 31.0 Å². The minimum Gasteiger partial charge on any atom is -0.494 e. The summed E-state index contributed by atoms with van der Waals surface area (Å²) < 4.78 is 11.3. The van der Waals surface area contributed by atoms with E-state index in [1.165, 1.54) is 13.2 Å². The third kappa shape index (κ3) is 7.98. The van der Waals surface area contributed by atoms with Gasteiger partial charge in [-0.2, -0.15) is 10.2 Å². The van der Waals surface area contributed by atoms with Crippen LogP contribution in [0.5, 0.6) is 5.75 Å². The predicted molar refractivity (Wildman–Crippen MR) is 163 cm³/mol. The SMILES string of the molecule is [B]C([B])([B])NC(=O)c1nnc(NC(=O)C2CC2)cc1Nc1cccc(-c2nc(CN3CCN(C(=O)CC#N)CC3)no2)c1OC. The third-order valence-corrected chi connectivity index (χ3v) is 7.05. The van der Waals surface area contributed by atoms with E-state index in [0.29, 0.717) is 55.5 Å². The van der Waals surface area contributed by atoms with E-state index in [-0.39, 0.29) is 47.2 Å². The standard InChI is InChI=1S/C27H27B3N10O5/c1-44-23-16(26-34-20(38-45-26)14-39-9-11-40(12-10-39)21(41)7-8-31)3-2-4-17(23)32-18-13-19(33-24(42)15-5-6-15)36-37-22(18)25(43)35-27(28,29)30/h2-4,13,15H,5-7,9-12,14H2,1H3,(H,35,43)(H2,32,33,36,42). The maximum Gasteiger partial charge on any atom is 0.272 e. The Bertz CT molecular complexity index is 1630. The van der Waals surface area contributed by atoms with Gasteiger partial charge in [-0.1, -0.05) is 16.5 Å². The number of benzene rings is 1. The van der Waals surface area contributed by atoms with Crippen molar-refractivity contribution in [1.29, 1.82) is 5.26 Å². The highest BCUT2D eigenvalue weighted by molar-refractivity contribution is 6.60. The second-order valence-electron chi connectivity index (χ2n) is 10.7. The molecule has 0 atom stereocenters. The van der Waals surface area contributed by atoms with Gasteiger partial charge < -0.3 is 30.1 Å². The molecule has 5 rings (SSSR count). The number of piperazine rings is 1. The molecule has 45 heavy (non-hydrogen) atoms. The Kier molecular flexibility index (Phi) is 9.38. The van der Waals surface area contributed by atoms with Gasteiger partial charge in [0, 0.05) is 38.2 Å². The van der Waals surface area contributed by atoms with Crippen LogP contribution in [0.1, 0.15) is 35.6 Å². The molecule has 6 radical (unpaired) electrons. The van der Waals surface area contributed by atoms with Gasteiger partial charge in [0.2, 0.25) is 11.8 Å². The van der Waals surface area contributed by atoms with Crippen LogP contribution < -0.4 is 20.7 Å². The Balaban J connectivity index is 1.36. The summed E-state index contributed by atoms with van der Waals surface area (Å²) in [6.07, 6.45) is 1.45. The van der Waals surface area contributed by atoms with E-state index in [4.69, 9.17) is 38.1 Å². The number of carbonyl (C=O) groups is 3. The van der Waals surface area contributed by atoms with Crippen molar-refractivity contribution in [3.8, 4) is 23.3 Å². The van der Waals surface area contributed by atoms with E-state index in [0.717, 1.165) is 12.8 Å². The molecule has 3 aromatic rings. The summed E-state index contributed by atoms with van der Waals surface area (Å²) in [4.78, 5) is 45.6. The van der Waals surface area contributed by atoms with Crippen LogP contribution in [0.3, 0.4) is 0 Å². The lowest BCUT2D eigenvalue weighted by atomic mass is 9.49. The van der Waals surface area contributed by atoms with Crippen LogP contribution in [0.15, 0.2) is 28.8 Å². The van der Waals surface area contributed by atoms with E-state index in [2.05, 4.69) is 41.2 Å². The normalized spacial score (nSPS) is 15.2. The van der Waals surface area contributed by atoms with E-state index in [1.54, 1.807) is 23.1 Å². The molecule has 3 amide bonds. The summed E-state index contributed by atoms with van der Waals surface area (Å²) in [5, 5.41) is 26.8. The van der Waals surface area contributed by atoms with Gasteiger partial charge >= 0.3 is 0 Å². The number of nitrogens with one attached hydrogen (secondary N) is 3. The molecule has 18 heteroatoms. The van der Waals surface area contributed by atoms with Crippen LogP contribution in [0.25, 0.3) is 11.5 Å². The van der Waals surface area contributed by atoms with E-state index in [1.807, 2.05) is 6.07 Å². The first-order valence-electron chi connectivity index (χ1n) is 14.1. The summed E-state index contributed by atoms with van der Waals surface area (Å²) in [5.74, 6) is -0.214. The first-order chi connectivity index (χ1) is 21.5. The Morgan fingerprint density at radius 1 is 1.13 bits per heavy atom. The van der Waals surface area contributed by atoms with E-state index < -0.39 is 11.1 Å². The highest BCUT2D eigenvalue weighted by Gasteiger charge is 2.30. The molecule has 3 heterocycles. The summed E-state index contributed by atoms with van der Waals surface area (Å²) >= 11 is 0. The summed E-state index contributed by atoms with van der Waals surface area (Å²) in [5.41, 5.74) is 0.807. The molecule has 1 saturated heterocycles. The van der Waals surface area contributed by atoms with Crippen molar-refractivity contribution >= 4 is 58.5 Å². The number of nitrogens with zero attached hydrogens (tertiary/aromatic N) is 7. The first kappa shape index (κ1) is 31.5. The second-order valence-corrected chi connectivity index (χ2v) is 10.7. The average molecular weight is 604 g/mol. The highest BCUT2D eigenvalue weighted by Crippen LogP contribution is 2.38. The zero-order valence-corrected chi connectivity index (χ0v) is 24.4. The van der Waals surface area contributed by atoms with Gasteiger partial charge in [-0.25, -0.2) is 0 Å². The van der Waals surface area contributed by atoms with Crippen molar-refractivity contribution in [2.24, 2.45) is 5.92 Å². The largest absolute Gasteiger partial charge is 0.494 e. The van der Waals surface area contributed by atoms with Crippen LogP contribution in [0.4, 0.5) is 17.2 Å². The van der Waals surface area contributed by atoms with Crippen molar-refractivity contribution in [1.82, 2.24) is 35.5 Å². The number of methoxy groups -OCH3 is 1. The number of ether oxygens (including phenoxy) is 1. The maximum atomic E-state index is 12.9. The number of rotatable bonds is 11. The summed E-state index contributed by atoms with van der Waals surface area (Å²) in [6.45, 7) is 2.60. The van der Waals surface area contributed by atoms with Gasteiger partial charge in [-0.15, -0.1) is 10.2 Å². The lowest BCUT2D eigenvalue weighted by molar-refractivity contribution is -0.132. The van der Waals surface area contributed by atoms with Gasteiger partial charge in [-0.05, 0) is 25.0 Å². The lowest BCUT2D eigenvalue weighted by Gasteiger charge is -2.33. The van der Waals surface area contributed by atoms with Crippen molar-refractivity contribution in [3.63, 3.8) is 0 Å². The van der Waals surface area contributed by atoms with Gasteiger partial charge in [-0.3, -0.25) is 19.3 Å². The van der Waals surface area contributed by atoms with Gasteiger partial charge in [0.05, 0.1) is 60.2 Å². The van der Waals surface area contributed by atoms with E-state index in [9.17, 15) is 14.4 Å². The number of amides is 3. The van der Waals surface area contributed by atoms with Crippen molar-refractivity contribution < 1.29 is 23.6 Å². The number of anilines is 3. The van der Waals surface area contributed by atoms with Crippen LogP contribution in [0.2, 0.25) is 0 Å². The molecule has 1 aliphatic carbocycles. The number of hydrogen-bond acceptors (Lipinski definition) is 12. The molecule has 2 fully saturated rings. The van der Waals surface area contributed by atoms with Crippen LogP contribution >= 0.6 is 0 Å². The number of hydrogen-bond donors (Lipinski definition) is 3. The lowest BCUT2D eigenvalue weighted by Crippen LogP contribution is -2.50. The quantitative estimate of drug-likeness (QED) is 0.250. The second kappa shape index (κ2) is 13.4. The number of aromatic nitrogens is 4. The molecule has 2 aliphatic rings. The monoisotopic (exact) mass is 604 g/mol. The van der Waals surface area contributed by atoms with Crippen molar-refractivity contribution in [2.75, 3.05) is 43.9 Å². The molecule has 0 spiro atoms. The third-order valence-electron chi connectivity index (χ3n) is 7.05. The molecule has 0 unspecified atom stereocenters. The fourth-order valence-electron chi connectivity index (χ4n) is 4.68.